The van der Waals surface area contributed by atoms with Gasteiger partial charge in [-0.05, 0) is 30.7 Å². The van der Waals surface area contributed by atoms with Gasteiger partial charge >= 0.3 is 0 Å². The minimum absolute atomic E-state index is 0.126. The average molecular weight is 348 g/mol. The van der Waals surface area contributed by atoms with Gasteiger partial charge in [0.2, 0.25) is 0 Å². The van der Waals surface area contributed by atoms with Gasteiger partial charge in [-0.3, -0.25) is 14.9 Å². The van der Waals surface area contributed by atoms with Crippen molar-refractivity contribution in [1.82, 2.24) is 0 Å². The molecule has 7 nitrogen and oxygen atoms in total. The summed E-state index contributed by atoms with van der Waals surface area (Å²) in [4.78, 5) is 22.3. The average Bonchev–Trinajstić information content (AvgIpc) is 2.53. The number of hydrogen-bond acceptors (Lipinski definition) is 5. The van der Waals surface area contributed by atoms with Crippen molar-refractivity contribution in [3.8, 4) is 5.75 Å². The Morgan fingerprint density at radius 3 is 2.88 bits per heavy atom. The first kappa shape index (κ1) is 16.1. The van der Waals surface area contributed by atoms with Crippen molar-refractivity contribution in [2.24, 2.45) is 0 Å². The zero-order valence-corrected chi connectivity index (χ0v) is 13.5. The Morgan fingerprint density at radius 2 is 2.17 bits per heavy atom. The lowest BCUT2D eigenvalue weighted by Crippen LogP contribution is -2.25. The van der Waals surface area contributed by atoms with E-state index in [-0.39, 0.29) is 35.7 Å². The molecule has 2 aromatic carbocycles. The summed E-state index contributed by atoms with van der Waals surface area (Å²) in [6, 6.07) is 9.82. The number of hydrogen-bond donors (Lipinski definition) is 2. The molecule has 1 aliphatic heterocycles. The van der Waals surface area contributed by atoms with Gasteiger partial charge < -0.3 is 15.4 Å². The van der Waals surface area contributed by atoms with Gasteiger partial charge in [0.25, 0.3) is 11.6 Å². The zero-order chi connectivity index (χ0) is 17.3. The first-order chi connectivity index (χ1) is 11.4. The van der Waals surface area contributed by atoms with Crippen LogP contribution in [0.15, 0.2) is 36.4 Å². The number of rotatable bonds is 4. The van der Waals surface area contributed by atoms with Crippen LogP contribution >= 0.6 is 11.6 Å². The fraction of sp³-hybridized carbons (Fsp3) is 0.188. The van der Waals surface area contributed by atoms with Gasteiger partial charge in [-0.1, -0.05) is 23.7 Å². The van der Waals surface area contributed by atoms with E-state index in [2.05, 4.69) is 10.6 Å². The molecule has 0 aliphatic carbocycles. The predicted octanol–water partition coefficient (Wildman–Crippen LogP) is 3.75. The number of ether oxygens (including phenoxy) is 1. The van der Waals surface area contributed by atoms with Gasteiger partial charge in [0, 0.05) is 11.1 Å². The Bertz CT molecular complexity index is 825. The van der Waals surface area contributed by atoms with E-state index >= 15 is 0 Å². The third-order valence-electron chi connectivity index (χ3n) is 3.65. The van der Waals surface area contributed by atoms with Crippen molar-refractivity contribution in [2.45, 2.75) is 13.0 Å². The molecule has 0 radical (unpaired) electrons. The van der Waals surface area contributed by atoms with Crippen LogP contribution < -0.4 is 15.4 Å². The van der Waals surface area contributed by atoms with Crippen molar-refractivity contribution in [1.29, 1.82) is 0 Å². The maximum atomic E-state index is 11.4. The van der Waals surface area contributed by atoms with E-state index in [0.717, 1.165) is 5.56 Å². The number of benzene rings is 2. The molecule has 124 valence electrons. The molecule has 0 spiro atoms. The standard InChI is InChI=1S/C16H14ClN3O4/c1-9(10-3-2-4-11(17)5-10)18-12-6-13-15(7-14(12)20(22)23)24-8-16(21)19-13/h2-7,9,18H,8H2,1H3,(H,19,21). The molecular formula is C16H14ClN3O4. The molecule has 24 heavy (non-hydrogen) atoms. The molecule has 0 saturated carbocycles. The molecule has 1 heterocycles. The summed E-state index contributed by atoms with van der Waals surface area (Å²) in [6.07, 6.45) is 0. The lowest BCUT2D eigenvalue weighted by atomic mass is 10.1. The quantitative estimate of drug-likeness (QED) is 0.649. The van der Waals surface area contributed by atoms with E-state index in [0.29, 0.717) is 10.7 Å². The van der Waals surface area contributed by atoms with Crippen molar-refractivity contribution in [3.63, 3.8) is 0 Å². The Kier molecular flexibility index (Phi) is 4.26. The van der Waals surface area contributed by atoms with Gasteiger partial charge in [0.05, 0.1) is 16.7 Å². The van der Waals surface area contributed by atoms with Crippen LogP contribution in [0, 0.1) is 10.1 Å². The Hall–Kier alpha value is -2.80. The summed E-state index contributed by atoms with van der Waals surface area (Å²) in [5.41, 5.74) is 1.45. The molecule has 0 aromatic heterocycles. The molecule has 0 saturated heterocycles. The highest BCUT2D eigenvalue weighted by atomic mass is 35.5. The van der Waals surface area contributed by atoms with Crippen LogP contribution in [0.4, 0.5) is 17.1 Å². The highest BCUT2D eigenvalue weighted by Gasteiger charge is 2.24. The Labute approximate surface area is 142 Å². The second kappa shape index (κ2) is 6.37. The summed E-state index contributed by atoms with van der Waals surface area (Å²) >= 11 is 5.98. The lowest BCUT2D eigenvalue weighted by Gasteiger charge is -2.21. The molecule has 1 atom stereocenters. The number of carbonyl (C=O) groups is 1. The number of nitro benzene ring substituents is 1. The highest BCUT2D eigenvalue weighted by molar-refractivity contribution is 6.30. The third kappa shape index (κ3) is 3.26. The summed E-state index contributed by atoms with van der Waals surface area (Å²) in [5, 5.41) is 17.7. The summed E-state index contributed by atoms with van der Waals surface area (Å²) in [6.45, 7) is 1.71. The number of halogens is 1. The van der Waals surface area contributed by atoms with Crippen LogP contribution in [0.25, 0.3) is 0 Å². The summed E-state index contributed by atoms with van der Waals surface area (Å²) < 4.78 is 5.23. The van der Waals surface area contributed by atoms with Crippen LogP contribution in [0.3, 0.4) is 0 Å². The summed E-state index contributed by atoms with van der Waals surface area (Å²) in [5.74, 6) is -0.0209. The molecule has 1 unspecified atom stereocenters. The van der Waals surface area contributed by atoms with Gasteiger partial charge in [0.15, 0.2) is 12.4 Å². The topological polar surface area (TPSA) is 93.5 Å². The largest absolute Gasteiger partial charge is 0.481 e. The molecule has 0 bridgehead atoms. The van der Waals surface area contributed by atoms with Crippen LogP contribution in [-0.4, -0.2) is 17.4 Å². The van der Waals surface area contributed by atoms with Gasteiger partial charge in [-0.15, -0.1) is 0 Å². The minimum Gasteiger partial charge on any atom is -0.481 e. The molecular weight excluding hydrogens is 334 g/mol. The van der Waals surface area contributed by atoms with E-state index < -0.39 is 4.92 Å². The summed E-state index contributed by atoms with van der Waals surface area (Å²) in [7, 11) is 0. The molecule has 1 amide bonds. The van der Waals surface area contributed by atoms with Crippen molar-refractivity contribution >= 4 is 34.6 Å². The minimum atomic E-state index is -0.493. The third-order valence-corrected chi connectivity index (χ3v) is 3.88. The molecule has 8 heteroatoms. The van der Waals surface area contributed by atoms with Crippen molar-refractivity contribution < 1.29 is 14.5 Å². The number of nitrogens with zero attached hydrogens (tertiary/aromatic N) is 1. The number of nitro groups is 1. The number of carbonyl (C=O) groups excluding carboxylic acids is 1. The molecule has 1 aliphatic rings. The predicted molar refractivity (Wildman–Crippen MR) is 90.7 cm³/mol. The number of amides is 1. The molecule has 0 fully saturated rings. The van der Waals surface area contributed by atoms with Gasteiger partial charge in [-0.2, -0.15) is 0 Å². The van der Waals surface area contributed by atoms with Crippen molar-refractivity contribution in [2.75, 3.05) is 17.2 Å². The maximum absolute atomic E-state index is 11.4. The normalized spacial score (nSPS) is 14.2. The van der Waals surface area contributed by atoms with Crippen LogP contribution in [0.1, 0.15) is 18.5 Å². The van der Waals surface area contributed by atoms with E-state index in [1.807, 2.05) is 19.1 Å². The smallest absolute Gasteiger partial charge is 0.296 e. The van der Waals surface area contributed by atoms with Crippen LogP contribution in [0.2, 0.25) is 5.02 Å². The van der Waals surface area contributed by atoms with E-state index in [1.54, 1.807) is 12.1 Å². The Balaban J connectivity index is 1.95. The Morgan fingerprint density at radius 1 is 1.38 bits per heavy atom. The fourth-order valence-corrected chi connectivity index (χ4v) is 2.67. The van der Waals surface area contributed by atoms with Crippen LogP contribution in [0.5, 0.6) is 5.75 Å². The number of fused-ring (bicyclic) bond motifs is 1. The van der Waals surface area contributed by atoms with E-state index in [4.69, 9.17) is 16.3 Å². The van der Waals surface area contributed by atoms with E-state index in [9.17, 15) is 14.9 Å². The fourth-order valence-electron chi connectivity index (χ4n) is 2.47. The van der Waals surface area contributed by atoms with Gasteiger partial charge in [0.1, 0.15) is 5.69 Å². The SMILES string of the molecule is CC(Nc1cc2c(cc1[N+](=O)[O-])OCC(=O)N2)c1cccc(Cl)c1. The van der Waals surface area contributed by atoms with Gasteiger partial charge in [-0.25, -0.2) is 0 Å². The molecule has 2 aromatic rings. The second-order valence-electron chi connectivity index (χ2n) is 5.38. The first-order valence-electron chi connectivity index (χ1n) is 7.21. The highest BCUT2D eigenvalue weighted by Crippen LogP contribution is 2.39. The van der Waals surface area contributed by atoms with Crippen LogP contribution in [-0.2, 0) is 4.79 Å². The van der Waals surface area contributed by atoms with E-state index in [1.165, 1.54) is 12.1 Å². The number of anilines is 2. The maximum Gasteiger partial charge on any atom is 0.296 e. The first-order valence-corrected chi connectivity index (χ1v) is 7.59. The lowest BCUT2D eigenvalue weighted by molar-refractivity contribution is -0.384. The molecule has 2 N–H and O–H groups in total. The number of nitrogens with one attached hydrogen (secondary N) is 2. The van der Waals surface area contributed by atoms with Crippen molar-refractivity contribution in [3.05, 3.63) is 57.1 Å². The zero-order valence-electron chi connectivity index (χ0n) is 12.7. The molecule has 3 rings (SSSR count). The second-order valence-corrected chi connectivity index (χ2v) is 5.82. The monoisotopic (exact) mass is 347 g/mol.